The summed E-state index contributed by atoms with van der Waals surface area (Å²) in [5.74, 6) is 0.405. The van der Waals surface area contributed by atoms with Crippen LogP contribution in [0.1, 0.15) is 30.0 Å². The van der Waals surface area contributed by atoms with Gasteiger partial charge in [-0.1, -0.05) is 18.2 Å². The molecule has 0 spiro atoms. The molecule has 0 aliphatic carbocycles. The maximum atomic E-state index is 9.66. The Morgan fingerprint density at radius 2 is 1.94 bits per heavy atom. The van der Waals surface area contributed by atoms with E-state index in [0.29, 0.717) is 11.8 Å². The lowest BCUT2D eigenvalue weighted by Gasteiger charge is -2.13. The monoisotopic (exact) mass is 219 g/mol. The Morgan fingerprint density at radius 3 is 2.44 bits per heavy atom. The minimum atomic E-state index is 0.405. The van der Waals surface area contributed by atoms with Gasteiger partial charge < -0.3 is 10.4 Å². The summed E-state index contributed by atoms with van der Waals surface area (Å²) in [6.45, 7) is 10.6. The summed E-state index contributed by atoms with van der Waals surface area (Å²) in [7, 11) is 0. The van der Waals surface area contributed by atoms with Gasteiger partial charge in [-0.25, -0.2) is 0 Å². The molecule has 0 heterocycles. The van der Waals surface area contributed by atoms with Crippen LogP contribution in [0, 0.1) is 13.8 Å². The number of benzene rings is 1. The van der Waals surface area contributed by atoms with E-state index in [1.165, 1.54) is 5.56 Å². The average molecular weight is 219 g/mol. The van der Waals surface area contributed by atoms with Crippen molar-refractivity contribution >= 4 is 0 Å². The van der Waals surface area contributed by atoms with Crippen molar-refractivity contribution in [3.05, 3.63) is 41.5 Å². The van der Waals surface area contributed by atoms with Gasteiger partial charge in [0, 0.05) is 12.6 Å². The highest BCUT2D eigenvalue weighted by molar-refractivity contribution is 5.42. The second kappa shape index (κ2) is 5.71. The highest BCUT2D eigenvalue weighted by atomic mass is 16.3. The quantitative estimate of drug-likeness (QED) is 0.746. The molecule has 0 saturated heterocycles. The largest absolute Gasteiger partial charge is 0.507 e. The van der Waals surface area contributed by atoms with Gasteiger partial charge in [0.1, 0.15) is 5.75 Å². The molecule has 2 N–H and O–H groups in total. The standard InChI is InChI=1S/C14H21NO/c1-5-6-12(4)15-9-13-7-10(2)14(16)11(3)8-13/h5,7-8,12,15-16H,1,6,9H2,2-4H3. The van der Waals surface area contributed by atoms with Crippen molar-refractivity contribution in [1.82, 2.24) is 5.32 Å². The maximum absolute atomic E-state index is 9.66. The van der Waals surface area contributed by atoms with E-state index in [4.69, 9.17) is 0 Å². The summed E-state index contributed by atoms with van der Waals surface area (Å²) in [6.07, 6.45) is 2.89. The normalized spacial score (nSPS) is 12.4. The Morgan fingerprint density at radius 1 is 1.38 bits per heavy atom. The second-order valence-electron chi connectivity index (χ2n) is 4.38. The number of hydrogen-bond donors (Lipinski definition) is 2. The van der Waals surface area contributed by atoms with Gasteiger partial charge in [0.05, 0.1) is 0 Å². The third-order valence-electron chi connectivity index (χ3n) is 2.73. The van der Waals surface area contributed by atoms with Crippen LogP contribution in [0.2, 0.25) is 0 Å². The Bertz CT molecular complexity index is 348. The van der Waals surface area contributed by atoms with E-state index in [1.807, 2.05) is 32.1 Å². The lowest BCUT2D eigenvalue weighted by molar-refractivity contribution is 0.466. The molecule has 1 unspecified atom stereocenters. The Balaban J connectivity index is 2.64. The van der Waals surface area contributed by atoms with Crippen molar-refractivity contribution in [3.63, 3.8) is 0 Å². The SMILES string of the molecule is C=CCC(C)NCc1cc(C)c(O)c(C)c1. The summed E-state index contributed by atoms with van der Waals surface area (Å²) in [5, 5.41) is 13.1. The first-order valence-corrected chi connectivity index (χ1v) is 5.68. The highest BCUT2D eigenvalue weighted by Gasteiger charge is 2.04. The fourth-order valence-electron chi connectivity index (χ4n) is 1.77. The lowest BCUT2D eigenvalue weighted by atomic mass is 10.1. The van der Waals surface area contributed by atoms with Crippen LogP contribution >= 0.6 is 0 Å². The van der Waals surface area contributed by atoms with E-state index in [0.717, 1.165) is 24.1 Å². The van der Waals surface area contributed by atoms with Gasteiger partial charge >= 0.3 is 0 Å². The van der Waals surface area contributed by atoms with E-state index in [-0.39, 0.29) is 0 Å². The molecule has 2 heteroatoms. The van der Waals surface area contributed by atoms with Crippen LogP contribution in [0.25, 0.3) is 0 Å². The Kier molecular flexibility index (Phi) is 4.56. The van der Waals surface area contributed by atoms with E-state index < -0.39 is 0 Å². The van der Waals surface area contributed by atoms with Crippen molar-refractivity contribution in [2.75, 3.05) is 0 Å². The van der Waals surface area contributed by atoms with Crippen molar-refractivity contribution < 1.29 is 5.11 Å². The van der Waals surface area contributed by atoms with Crippen molar-refractivity contribution in [2.24, 2.45) is 0 Å². The molecule has 0 bridgehead atoms. The summed E-state index contributed by atoms with van der Waals surface area (Å²) in [6, 6.07) is 4.48. The predicted octanol–water partition coefficient (Wildman–Crippen LogP) is 3.06. The summed E-state index contributed by atoms with van der Waals surface area (Å²) in [4.78, 5) is 0. The molecule has 1 aromatic carbocycles. The number of nitrogens with one attached hydrogen (secondary N) is 1. The van der Waals surface area contributed by atoms with Crippen molar-refractivity contribution in [1.29, 1.82) is 0 Å². The van der Waals surface area contributed by atoms with Crippen LogP contribution in [0.3, 0.4) is 0 Å². The van der Waals surface area contributed by atoms with Gasteiger partial charge in [0.25, 0.3) is 0 Å². The first kappa shape index (κ1) is 12.8. The second-order valence-corrected chi connectivity index (χ2v) is 4.38. The van der Waals surface area contributed by atoms with Gasteiger partial charge in [-0.15, -0.1) is 6.58 Å². The van der Waals surface area contributed by atoms with Crippen molar-refractivity contribution in [3.8, 4) is 5.75 Å². The molecule has 1 atom stereocenters. The van der Waals surface area contributed by atoms with Gasteiger partial charge in [-0.2, -0.15) is 0 Å². The van der Waals surface area contributed by atoms with Crippen LogP contribution in [0.15, 0.2) is 24.8 Å². The third kappa shape index (κ3) is 3.38. The van der Waals surface area contributed by atoms with Crippen LogP contribution in [-0.4, -0.2) is 11.1 Å². The lowest BCUT2D eigenvalue weighted by Crippen LogP contribution is -2.24. The zero-order chi connectivity index (χ0) is 12.1. The van der Waals surface area contributed by atoms with E-state index >= 15 is 0 Å². The van der Waals surface area contributed by atoms with Gasteiger partial charge in [-0.3, -0.25) is 0 Å². The van der Waals surface area contributed by atoms with E-state index in [2.05, 4.69) is 18.8 Å². The molecule has 1 rings (SSSR count). The summed E-state index contributed by atoms with van der Waals surface area (Å²) < 4.78 is 0. The van der Waals surface area contributed by atoms with E-state index in [1.54, 1.807) is 0 Å². The van der Waals surface area contributed by atoms with Gasteiger partial charge in [0.2, 0.25) is 0 Å². The third-order valence-corrected chi connectivity index (χ3v) is 2.73. The first-order valence-electron chi connectivity index (χ1n) is 5.68. The molecule has 0 saturated carbocycles. The zero-order valence-electron chi connectivity index (χ0n) is 10.4. The minimum Gasteiger partial charge on any atom is -0.507 e. The number of hydrogen-bond acceptors (Lipinski definition) is 2. The van der Waals surface area contributed by atoms with Gasteiger partial charge in [-0.05, 0) is 43.9 Å². The van der Waals surface area contributed by atoms with Crippen LogP contribution < -0.4 is 5.32 Å². The molecule has 0 fully saturated rings. The molecule has 0 aromatic heterocycles. The number of phenolic OH excluding ortho intramolecular Hbond substituents is 1. The molecule has 0 radical (unpaired) electrons. The molecule has 0 aliphatic heterocycles. The highest BCUT2D eigenvalue weighted by Crippen LogP contribution is 2.22. The molecule has 88 valence electrons. The molecule has 1 aromatic rings. The minimum absolute atomic E-state index is 0.405. The molecule has 16 heavy (non-hydrogen) atoms. The fraction of sp³-hybridized carbons (Fsp3) is 0.429. The smallest absolute Gasteiger partial charge is 0.121 e. The van der Waals surface area contributed by atoms with Crippen LogP contribution in [0.5, 0.6) is 5.75 Å². The number of aromatic hydroxyl groups is 1. The van der Waals surface area contributed by atoms with Crippen LogP contribution in [-0.2, 0) is 6.54 Å². The summed E-state index contributed by atoms with van der Waals surface area (Å²) >= 11 is 0. The predicted molar refractivity (Wildman–Crippen MR) is 68.7 cm³/mol. The zero-order valence-corrected chi connectivity index (χ0v) is 10.4. The van der Waals surface area contributed by atoms with Gasteiger partial charge in [0.15, 0.2) is 0 Å². The Labute approximate surface area is 98.0 Å². The number of rotatable bonds is 5. The Hall–Kier alpha value is -1.28. The topological polar surface area (TPSA) is 32.3 Å². The van der Waals surface area contributed by atoms with Crippen molar-refractivity contribution in [2.45, 2.75) is 39.8 Å². The number of aryl methyl sites for hydroxylation is 2. The molecule has 2 nitrogen and oxygen atoms in total. The molecule has 0 amide bonds. The fourth-order valence-corrected chi connectivity index (χ4v) is 1.77. The molecular weight excluding hydrogens is 198 g/mol. The molecular formula is C14H21NO. The van der Waals surface area contributed by atoms with Crippen LogP contribution in [0.4, 0.5) is 0 Å². The maximum Gasteiger partial charge on any atom is 0.121 e. The van der Waals surface area contributed by atoms with E-state index in [9.17, 15) is 5.11 Å². The average Bonchev–Trinajstić information content (AvgIpc) is 2.23. The summed E-state index contributed by atoms with van der Waals surface area (Å²) in [5.41, 5.74) is 3.09. The first-order chi connectivity index (χ1) is 7.54. The molecule has 0 aliphatic rings. The number of phenols is 1.